The highest BCUT2D eigenvalue weighted by Crippen LogP contribution is 2.45. The van der Waals surface area contributed by atoms with Crippen LogP contribution in [0.4, 0.5) is 5.69 Å². The van der Waals surface area contributed by atoms with E-state index in [4.69, 9.17) is 0 Å². The third-order valence-electron chi connectivity index (χ3n) is 5.44. The average molecular weight is 389 g/mol. The fraction of sp³-hybridized carbons (Fsp3) is 0.273. The number of hydrogen-bond acceptors (Lipinski definition) is 4. The van der Waals surface area contributed by atoms with Crippen LogP contribution in [0.15, 0.2) is 67.3 Å². The molecule has 1 aliphatic rings. The Labute approximate surface area is 169 Å². The number of rotatable bonds is 7. The number of fused-ring (bicyclic) bond motifs is 1. The van der Waals surface area contributed by atoms with Gasteiger partial charge >= 0.3 is 0 Å². The predicted molar refractivity (Wildman–Crippen MR) is 109 cm³/mol. The van der Waals surface area contributed by atoms with Crippen molar-refractivity contribution in [3.05, 3.63) is 78.4 Å². The van der Waals surface area contributed by atoms with Crippen molar-refractivity contribution in [2.45, 2.75) is 24.8 Å². The number of amides is 2. The molecule has 0 saturated heterocycles. The molecule has 0 aliphatic carbocycles. The molecule has 3 aromatic rings. The zero-order valence-electron chi connectivity index (χ0n) is 16.3. The van der Waals surface area contributed by atoms with E-state index in [1.54, 1.807) is 23.0 Å². The number of hydrogen-bond donors (Lipinski definition) is 1. The lowest BCUT2D eigenvalue weighted by molar-refractivity contribution is -0.129. The summed E-state index contributed by atoms with van der Waals surface area (Å²) in [5.74, 6) is -0.200. The molecule has 0 unspecified atom stereocenters. The van der Waals surface area contributed by atoms with Gasteiger partial charge in [0.25, 0.3) is 0 Å². The molecule has 2 amide bonds. The Kier molecular flexibility index (Phi) is 5.12. The molecular weight excluding hydrogens is 366 g/mol. The molecule has 148 valence electrons. The Bertz CT molecular complexity index is 1000. The van der Waals surface area contributed by atoms with Crippen LogP contribution in [-0.2, 0) is 28.0 Å². The minimum atomic E-state index is -0.913. The second kappa shape index (κ2) is 7.87. The van der Waals surface area contributed by atoms with E-state index in [0.717, 1.165) is 16.8 Å². The van der Waals surface area contributed by atoms with E-state index in [1.807, 2.05) is 54.6 Å². The van der Waals surface area contributed by atoms with Gasteiger partial charge in [-0.1, -0.05) is 48.5 Å². The average Bonchev–Trinajstić information content (AvgIpc) is 3.32. The first-order valence-corrected chi connectivity index (χ1v) is 9.61. The van der Waals surface area contributed by atoms with E-state index in [9.17, 15) is 9.59 Å². The lowest BCUT2D eigenvalue weighted by atomic mass is 9.73. The molecular formula is C22H23N5O2. The minimum absolute atomic E-state index is 0.0472. The fourth-order valence-corrected chi connectivity index (χ4v) is 4.06. The number of para-hydroxylation sites is 1. The zero-order valence-corrected chi connectivity index (χ0v) is 16.3. The van der Waals surface area contributed by atoms with Gasteiger partial charge in [-0.05, 0) is 23.6 Å². The van der Waals surface area contributed by atoms with E-state index >= 15 is 0 Å². The highest BCUT2D eigenvalue weighted by atomic mass is 16.2. The van der Waals surface area contributed by atoms with Crippen LogP contribution in [0.5, 0.6) is 0 Å². The van der Waals surface area contributed by atoms with Crippen LogP contribution in [0, 0.1) is 0 Å². The maximum atomic E-state index is 13.4. The van der Waals surface area contributed by atoms with E-state index in [2.05, 4.69) is 15.4 Å². The molecule has 7 heteroatoms. The van der Waals surface area contributed by atoms with Crippen LogP contribution in [-0.4, -0.2) is 40.2 Å². The largest absolute Gasteiger partial charge is 0.354 e. The van der Waals surface area contributed by atoms with Crippen molar-refractivity contribution in [1.82, 2.24) is 20.1 Å². The maximum Gasteiger partial charge on any atom is 0.238 e. The molecule has 1 aliphatic heterocycles. The SMILES string of the molecule is CN1C(=O)[C@](CC(=O)NCCn2cncn2)(Cc2ccccc2)c2ccccc21. The topological polar surface area (TPSA) is 80.1 Å². The van der Waals surface area contributed by atoms with Gasteiger partial charge in [-0.2, -0.15) is 5.10 Å². The summed E-state index contributed by atoms with van der Waals surface area (Å²) in [7, 11) is 1.77. The number of carbonyl (C=O) groups is 2. The Morgan fingerprint density at radius 1 is 1.10 bits per heavy atom. The van der Waals surface area contributed by atoms with Gasteiger partial charge in [-0.3, -0.25) is 14.3 Å². The van der Waals surface area contributed by atoms with Gasteiger partial charge in [-0.25, -0.2) is 4.98 Å². The lowest BCUT2D eigenvalue weighted by Gasteiger charge is -2.28. The van der Waals surface area contributed by atoms with Crippen molar-refractivity contribution in [2.24, 2.45) is 0 Å². The third kappa shape index (κ3) is 3.63. The van der Waals surface area contributed by atoms with Gasteiger partial charge < -0.3 is 10.2 Å². The van der Waals surface area contributed by atoms with Crippen molar-refractivity contribution in [1.29, 1.82) is 0 Å². The Balaban J connectivity index is 1.59. The molecule has 0 bridgehead atoms. The molecule has 7 nitrogen and oxygen atoms in total. The van der Waals surface area contributed by atoms with Crippen LogP contribution in [0.1, 0.15) is 17.5 Å². The Morgan fingerprint density at radius 3 is 2.62 bits per heavy atom. The number of nitrogens with one attached hydrogen (secondary N) is 1. The Morgan fingerprint density at radius 2 is 1.86 bits per heavy atom. The molecule has 0 spiro atoms. The number of anilines is 1. The smallest absolute Gasteiger partial charge is 0.238 e. The van der Waals surface area contributed by atoms with E-state index in [0.29, 0.717) is 19.5 Å². The zero-order chi connectivity index (χ0) is 20.3. The highest BCUT2D eigenvalue weighted by molar-refractivity contribution is 6.09. The summed E-state index contributed by atoms with van der Waals surface area (Å²) in [6.45, 7) is 0.956. The molecule has 0 saturated carbocycles. The summed E-state index contributed by atoms with van der Waals surface area (Å²) < 4.78 is 1.66. The van der Waals surface area contributed by atoms with Gasteiger partial charge in [0.05, 0.1) is 12.0 Å². The molecule has 1 atom stereocenters. The van der Waals surface area contributed by atoms with E-state index in [1.165, 1.54) is 6.33 Å². The number of aromatic nitrogens is 3. The summed E-state index contributed by atoms with van der Waals surface area (Å²) in [4.78, 5) is 31.8. The van der Waals surface area contributed by atoms with Crippen molar-refractivity contribution < 1.29 is 9.59 Å². The van der Waals surface area contributed by atoms with Crippen LogP contribution < -0.4 is 10.2 Å². The summed E-state index contributed by atoms with van der Waals surface area (Å²) in [6.07, 6.45) is 3.64. The fourth-order valence-electron chi connectivity index (χ4n) is 4.06. The summed E-state index contributed by atoms with van der Waals surface area (Å²) in [6, 6.07) is 17.6. The summed E-state index contributed by atoms with van der Waals surface area (Å²) in [5.41, 5.74) is 1.89. The molecule has 0 radical (unpaired) electrons. The first-order chi connectivity index (χ1) is 14.1. The first kappa shape index (κ1) is 18.9. The van der Waals surface area contributed by atoms with Crippen LogP contribution in [0.2, 0.25) is 0 Å². The highest BCUT2D eigenvalue weighted by Gasteiger charge is 2.50. The second-order valence-electron chi connectivity index (χ2n) is 7.31. The minimum Gasteiger partial charge on any atom is -0.354 e. The van der Waals surface area contributed by atoms with Gasteiger partial charge in [0.1, 0.15) is 12.7 Å². The van der Waals surface area contributed by atoms with Crippen molar-refractivity contribution >= 4 is 17.5 Å². The predicted octanol–water partition coefficient (Wildman–Crippen LogP) is 1.94. The molecule has 1 N–H and O–H groups in total. The van der Waals surface area contributed by atoms with Crippen LogP contribution in [0.25, 0.3) is 0 Å². The number of nitrogens with zero attached hydrogens (tertiary/aromatic N) is 4. The summed E-state index contributed by atoms with van der Waals surface area (Å²) >= 11 is 0. The molecule has 2 aromatic carbocycles. The monoisotopic (exact) mass is 389 g/mol. The molecule has 29 heavy (non-hydrogen) atoms. The van der Waals surface area contributed by atoms with Crippen molar-refractivity contribution in [3.8, 4) is 0 Å². The number of carbonyl (C=O) groups excluding carboxylic acids is 2. The summed E-state index contributed by atoms with van der Waals surface area (Å²) in [5, 5.41) is 6.96. The quantitative estimate of drug-likeness (QED) is 0.670. The van der Waals surface area contributed by atoms with Crippen LogP contribution in [0.3, 0.4) is 0 Å². The molecule has 1 aromatic heterocycles. The Hall–Kier alpha value is -3.48. The van der Waals surface area contributed by atoms with E-state index in [-0.39, 0.29) is 18.2 Å². The van der Waals surface area contributed by atoms with Crippen LogP contribution >= 0.6 is 0 Å². The molecule has 0 fully saturated rings. The van der Waals surface area contributed by atoms with Gasteiger partial charge in [0, 0.05) is 25.7 Å². The first-order valence-electron chi connectivity index (χ1n) is 9.61. The van der Waals surface area contributed by atoms with Gasteiger partial charge in [0.2, 0.25) is 11.8 Å². The van der Waals surface area contributed by atoms with Crippen molar-refractivity contribution in [3.63, 3.8) is 0 Å². The van der Waals surface area contributed by atoms with Gasteiger partial charge in [0.15, 0.2) is 0 Å². The van der Waals surface area contributed by atoms with E-state index < -0.39 is 5.41 Å². The normalized spacial score (nSPS) is 18.0. The van der Waals surface area contributed by atoms with Gasteiger partial charge in [-0.15, -0.1) is 0 Å². The molecule has 2 heterocycles. The second-order valence-corrected chi connectivity index (χ2v) is 7.31. The molecule has 4 rings (SSSR count). The third-order valence-corrected chi connectivity index (χ3v) is 5.44. The number of benzene rings is 2. The number of likely N-dealkylation sites (N-methyl/N-ethyl adjacent to an activating group) is 1. The standard InChI is InChI=1S/C22H23N5O2/c1-26-19-10-6-5-9-18(19)22(21(26)29,13-17-7-3-2-4-8-17)14-20(28)24-11-12-27-16-23-15-25-27/h2-10,15-16H,11-14H2,1H3,(H,24,28)/t22-/m0/s1. The maximum absolute atomic E-state index is 13.4. The van der Waals surface area contributed by atoms with Crippen molar-refractivity contribution in [2.75, 3.05) is 18.5 Å². The lowest BCUT2D eigenvalue weighted by Crippen LogP contribution is -2.44.